The summed E-state index contributed by atoms with van der Waals surface area (Å²) < 4.78 is 0. The van der Waals surface area contributed by atoms with E-state index >= 15 is 0 Å². The third-order valence-electron chi connectivity index (χ3n) is 3.15. The maximum absolute atomic E-state index is 12.2. The lowest BCUT2D eigenvalue weighted by molar-refractivity contribution is -0.149. The van der Waals surface area contributed by atoms with Crippen LogP contribution in [0.25, 0.3) is 0 Å². The number of carbonyl (C=O) groups excluding carboxylic acids is 2. The second kappa shape index (κ2) is 7.46. The van der Waals surface area contributed by atoms with Crippen LogP contribution in [-0.4, -0.2) is 69.9 Å². The molecule has 0 saturated carbocycles. The van der Waals surface area contributed by atoms with E-state index in [2.05, 4.69) is 17.9 Å². The third kappa shape index (κ3) is 3.84. The normalized spacial score (nSPS) is 21.4. The molecule has 0 radical (unpaired) electrons. The van der Waals surface area contributed by atoms with Crippen LogP contribution >= 0.6 is 12.6 Å². The van der Waals surface area contributed by atoms with Gasteiger partial charge in [-0.3, -0.25) is 9.59 Å². The summed E-state index contributed by atoms with van der Waals surface area (Å²) in [5.74, 6) is -2.22. The number of likely N-dealkylation sites (tertiary alicyclic amines) is 1. The van der Waals surface area contributed by atoms with Gasteiger partial charge in [0.25, 0.3) is 0 Å². The molecule has 3 atom stereocenters. The van der Waals surface area contributed by atoms with E-state index in [4.69, 9.17) is 15.9 Å². The molecule has 5 N–H and O–H groups in total. The molecule has 3 unspecified atom stereocenters. The second-order valence-electron chi connectivity index (χ2n) is 4.56. The molecule has 0 spiro atoms. The highest BCUT2D eigenvalue weighted by Crippen LogP contribution is 2.18. The zero-order chi connectivity index (χ0) is 15.3. The third-order valence-corrected chi connectivity index (χ3v) is 3.52. The number of thiol groups is 1. The Morgan fingerprint density at radius 2 is 2.10 bits per heavy atom. The summed E-state index contributed by atoms with van der Waals surface area (Å²) in [5, 5.41) is 20.2. The molecule has 8 nitrogen and oxygen atoms in total. The Hall–Kier alpha value is -1.32. The van der Waals surface area contributed by atoms with Crippen LogP contribution in [0.1, 0.15) is 12.8 Å². The highest BCUT2D eigenvalue weighted by Gasteiger charge is 2.37. The Kier molecular flexibility index (Phi) is 6.24. The largest absolute Gasteiger partial charge is 0.480 e. The SMILES string of the molecule is NC(CO)C(=O)NC(CS)C(=O)N1CCCC1C(=O)O. The Balaban J connectivity index is 2.72. The van der Waals surface area contributed by atoms with Crippen LogP contribution in [0.2, 0.25) is 0 Å². The van der Waals surface area contributed by atoms with Crippen molar-refractivity contribution in [3.63, 3.8) is 0 Å². The van der Waals surface area contributed by atoms with Crippen molar-refractivity contribution in [1.82, 2.24) is 10.2 Å². The predicted octanol–water partition coefficient (Wildman–Crippen LogP) is -2.20. The summed E-state index contributed by atoms with van der Waals surface area (Å²) in [7, 11) is 0. The lowest BCUT2D eigenvalue weighted by Gasteiger charge is -2.27. The number of hydrogen-bond acceptors (Lipinski definition) is 6. The fourth-order valence-electron chi connectivity index (χ4n) is 2.03. The van der Waals surface area contributed by atoms with Gasteiger partial charge in [0.1, 0.15) is 18.1 Å². The molecule has 0 bridgehead atoms. The lowest BCUT2D eigenvalue weighted by Crippen LogP contribution is -2.55. The van der Waals surface area contributed by atoms with Gasteiger partial charge in [0.05, 0.1) is 6.61 Å². The van der Waals surface area contributed by atoms with Crippen LogP contribution in [0.4, 0.5) is 0 Å². The average molecular weight is 305 g/mol. The zero-order valence-corrected chi connectivity index (χ0v) is 11.8. The van der Waals surface area contributed by atoms with Gasteiger partial charge in [-0.1, -0.05) is 0 Å². The lowest BCUT2D eigenvalue weighted by atomic mass is 10.2. The van der Waals surface area contributed by atoms with Gasteiger partial charge in [0.2, 0.25) is 11.8 Å². The number of rotatable bonds is 6. The Morgan fingerprint density at radius 3 is 2.60 bits per heavy atom. The molecule has 114 valence electrons. The number of carbonyl (C=O) groups is 3. The van der Waals surface area contributed by atoms with Crippen LogP contribution in [0.15, 0.2) is 0 Å². The quantitative estimate of drug-likeness (QED) is 0.354. The fraction of sp³-hybridized carbons (Fsp3) is 0.727. The van der Waals surface area contributed by atoms with Crippen LogP contribution in [0.5, 0.6) is 0 Å². The summed E-state index contributed by atoms with van der Waals surface area (Å²) in [6.45, 7) is -0.206. The van der Waals surface area contributed by atoms with Crippen molar-refractivity contribution >= 4 is 30.4 Å². The van der Waals surface area contributed by atoms with E-state index in [9.17, 15) is 14.4 Å². The second-order valence-corrected chi connectivity index (χ2v) is 4.93. The van der Waals surface area contributed by atoms with E-state index in [-0.39, 0.29) is 5.75 Å². The van der Waals surface area contributed by atoms with E-state index < -0.39 is 42.5 Å². The van der Waals surface area contributed by atoms with E-state index in [1.165, 1.54) is 4.90 Å². The van der Waals surface area contributed by atoms with E-state index in [1.54, 1.807) is 0 Å². The molecule has 0 aromatic rings. The van der Waals surface area contributed by atoms with Crippen LogP contribution in [0.3, 0.4) is 0 Å². The molecular weight excluding hydrogens is 286 g/mol. The molecule has 1 aliphatic heterocycles. The van der Waals surface area contributed by atoms with Gasteiger partial charge in [-0.25, -0.2) is 4.79 Å². The molecule has 9 heteroatoms. The van der Waals surface area contributed by atoms with Gasteiger partial charge in [0.15, 0.2) is 0 Å². The molecule has 0 aliphatic carbocycles. The standard InChI is InChI=1S/C11H19N3O5S/c12-6(4-15)9(16)13-7(5-20)10(17)14-3-1-2-8(14)11(18)19/h6-8,15,20H,1-5,12H2,(H,13,16)(H,18,19). The van der Waals surface area contributed by atoms with Crippen molar-refractivity contribution in [3.05, 3.63) is 0 Å². The van der Waals surface area contributed by atoms with Crippen molar-refractivity contribution < 1.29 is 24.6 Å². The number of aliphatic carboxylic acids is 1. The van der Waals surface area contributed by atoms with Crippen LogP contribution in [-0.2, 0) is 14.4 Å². The van der Waals surface area contributed by atoms with Gasteiger partial charge in [-0.2, -0.15) is 12.6 Å². The maximum atomic E-state index is 12.2. The number of aliphatic hydroxyl groups excluding tert-OH is 1. The van der Waals surface area contributed by atoms with Crippen molar-refractivity contribution in [2.24, 2.45) is 5.73 Å². The summed E-state index contributed by atoms with van der Waals surface area (Å²) in [5.41, 5.74) is 5.34. The summed E-state index contributed by atoms with van der Waals surface area (Å²) in [6.07, 6.45) is 0.997. The van der Waals surface area contributed by atoms with Crippen molar-refractivity contribution in [2.75, 3.05) is 18.9 Å². The van der Waals surface area contributed by atoms with Crippen molar-refractivity contribution in [1.29, 1.82) is 0 Å². The van der Waals surface area contributed by atoms with Crippen molar-refractivity contribution in [2.45, 2.75) is 31.0 Å². The van der Waals surface area contributed by atoms with Gasteiger partial charge in [-0.05, 0) is 12.8 Å². The molecule has 2 amide bonds. The Morgan fingerprint density at radius 1 is 1.45 bits per heavy atom. The van der Waals surface area contributed by atoms with E-state index in [0.717, 1.165) is 0 Å². The van der Waals surface area contributed by atoms with Gasteiger partial charge >= 0.3 is 5.97 Å². The molecule has 1 heterocycles. The minimum absolute atomic E-state index is 0.0194. The Bertz CT molecular complexity index is 392. The number of carboxylic acid groups (broad SMARTS) is 1. The highest BCUT2D eigenvalue weighted by atomic mass is 32.1. The van der Waals surface area contributed by atoms with E-state index in [0.29, 0.717) is 19.4 Å². The number of nitrogens with two attached hydrogens (primary N) is 1. The van der Waals surface area contributed by atoms with Crippen LogP contribution in [0, 0.1) is 0 Å². The van der Waals surface area contributed by atoms with E-state index in [1.807, 2.05) is 0 Å². The topological polar surface area (TPSA) is 133 Å². The highest BCUT2D eigenvalue weighted by molar-refractivity contribution is 7.80. The number of amides is 2. The Labute approximate surface area is 121 Å². The number of carboxylic acids is 1. The molecule has 20 heavy (non-hydrogen) atoms. The smallest absolute Gasteiger partial charge is 0.326 e. The number of hydrogen-bond donors (Lipinski definition) is 5. The minimum Gasteiger partial charge on any atom is -0.480 e. The van der Waals surface area contributed by atoms with Crippen molar-refractivity contribution in [3.8, 4) is 0 Å². The summed E-state index contributed by atoms with van der Waals surface area (Å²) in [6, 6.07) is -2.95. The molecule has 1 saturated heterocycles. The molecular formula is C11H19N3O5S. The first-order valence-corrected chi connectivity index (χ1v) is 6.86. The summed E-state index contributed by atoms with van der Waals surface area (Å²) in [4.78, 5) is 36.1. The minimum atomic E-state index is -1.13. The van der Waals surface area contributed by atoms with Gasteiger partial charge in [-0.15, -0.1) is 0 Å². The zero-order valence-electron chi connectivity index (χ0n) is 10.9. The van der Waals surface area contributed by atoms with Gasteiger partial charge in [0, 0.05) is 12.3 Å². The average Bonchev–Trinajstić information content (AvgIpc) is 2.92. The van der Waals surface area contributed by atoms with Gasteiger partial charge < -0.3 is 26.2 Å². The van der Waals surface area contributed by atoms with Crippen LogP contribution < -0.4 is 11.1 Å². The predicted molar refractivity (Wildman–Crippen MR) is 73.2 cm³/mol. The monoisotopic (exact) mass is 305 g/mol. The first-order chi connectivity index (χ1) is 9.42. The molecule has 0 aromatic carbocycles. The first-order valence-electron chi connectivity index (χ1n) is 6.23. The first kappa shape index (κ1) is 16.7. The molecule has 1 rings (SSSR count). The summed E-state index contributed by atoms with van der Waals surface area (Å²) >= 11 is 3.99. The molecule has 1 aliphatic rings. The number of aliphatic hydroxyl groups is 1. The molecule has 0 aromatic heterocycles. The number of nitrogens with one attached hydrogen (secondary N) is 1. The maximum Gasteiger partial charge on any atom is 0.326 e. The fourth-order valence-corrected chi connectivity index (χ4v) is 2.28. The number of nitrogens with zero attached hydrogens (tertiary/aromatic N) is 1. The molecule has 1 fully saturated rings.